The lowest BCUT2D eigenvalue weighted by molar-refractivity contribution is -0.167. The quantitative estimate of drug-likeness (QED) is 0.0263. The summed E-state index contributed by atoms with van der Waals surface area (Å²) in [5.41, 5.74) is 0. The average molecular weight is 873 g/mol. The van der Waals surface area contributed by atoms with Crippen LogP contribution in [-0.4, -0.2) is 37.2 Å². The zero-order chi connectivity index (χ0) is 45.8. The topological polar surface area (TPSA) is 78.9 Å². The number of rotatable bonds is 44. The molecule has 0 radical (unpaired) electrons. The lowest BCUT2D eigenvalue weighted by Gasteiger charge is -2.18. The summed E-state index contributed by atoms with van der Waals surface area (Å²) in [7, 11) is 0. The number of unbranched alkanes of at least 4 members (excludes halogenated alkanes) is 15. The fraction of sp³-hybridized carbons (Fsp3) is 0.632. The number of carbonyl (C=O) groups excluding carboxylic acids is 3. The minimum Gasteiger partial charge on any atom is -0.462 e. The van der Waals surface area contributed by atoms with Gasteiger partial charge in [0.1, 0.15) is 13.2 Å². The molecule has 356 valence electrons. The third-order valence-corrected chi connectivity index (χ3v) is 10.2. The van der Waals surface area contributed by atoms with E-state index in [0.29, 0.717) is 19.3 Å². The Labute approximate surface area is 387 Å². The summed E-state index contributed by atoms with van der Waals surface area (Å²) in [6, 6.07) is 0. The third kappa shape index (κ3) is 49.0. The fourth-order valence-corrected chi connectivity index (χ4v) is 6.48. The predicted octanol–water partition coefficient (Wildman–Crippen LogP) is 16.8. The lowest BCUT2D eigenvalue weighted by atomic mass is 10.1. The van der Waals surface area contributed by atoms with Crippen LogP contribution < -0.4 is 0 Å². The second kappa shape index (κ2) is 50.7. The van der Waals surface area contributed by atoms with Gasteiger partial charge in [0.05, 0.1) is 0 Å². The molecular weight excluding hydrogens is 781 g/mol. The van der Waals surface area contributed by atoms with E-state index in [0.717, 1.165) is 128 Å². The molecule has 0 aromatic rings. The van der Waals surface area contributed by atoms with Crippen LogP contribution in [-0.2, 0) is 28.6 Å². The zero-order valence-electron chi connectivity index (χ0n) is 40.5. The molecule has 0 fully saturated rings. The number of ether oxygens (including phenoxy) is 3. The van der Waals surface area contributed by atoms with Gasteiger partial charge >= 0.3 is 17.9 Å². The van der Waals surface area contributed by atoms with E-state index >= 15 is 0 Å². The highest BCUT2D eigenvalue weighted by atomic mass is 16.6. The summed E-state index contributed by atoms with van der Waals surface area (Å²) in [6.07, 6.45) is 67.8. The Hall–Kier alpha value is -3.93. The molecule has 1 atom stereocenters. The highest BCUT2D eigenvalue weighted by molar-refractivity contribution is 5.71. The molecule has 0 aliphatic heterocycles. The highest BCUT2D eigenvalue weighted by Crippen LogP contribution is 2.12. The van der Waals surface area contributed by atoms with Crippen molar-refractivity contribution >= 4 is 17.9 Å². The van der Waals surface area contributed by atoms with Gasteiger partial charge in [-0.1, -0.05) is 182 Å². The molecule has 0 aliphatic carbocycles. The number of allylic oxidation sites excluding steroid dienone is 18. The van der Waals surface area contributed by atoms with Crippen molar-refractivity contribution in [2.45, 2.75) is 219 Å². The van der Waals surface area contributed by atoms with Crippen molar-refractivity contribution in [1.29, 1.82) is 0 Å². The summed E-state index contributed by atoms with van der Waals surface area (Å²) < 4.78 is 16.7. The van der Waals surface area contributed by atoms with E-state index in [1.165, 1.54) is 38.5 Å². The highest BCUT2D eigenvalue weighted by Gasteiger charge is 2.19. The Balaban J connectivity index is 4.53. The first-order valence-electron chi connectivity index (χ1n) is 25.4. The van der Waals surface area contributed by atoms with Crippen molar-refractivity contribution in [2.75, 3.05) is 13.2 Å². The predicted molar refractivity (Wildman–Crippen MR) is 270 cm³/mol. The van der Waals surface area contributed by atoms with E-state index in [1.54, 1.807) is 0 Å². The maximum Gasteiger partial charge on any atom is 0.306 e. The molecular formula is C57H92O6. The first kappa shape index (κ1) is 59.1. The molecule has 6 heteroatoms. The van der Waals surface area contributed by atoms with Gasteiger partial charge in [-0.05, 0) is 122 Å². The Kier molecular flexibility index (Phi) is 47.5. The van der Waals surface area contributed by atoms with Crippen molar-refractivity contribution < 1.29 is 28.6 Å². The second-order valence-electron chi connectivity index (χ2n) is 16.3. The van der Waals surface area contributed by atoms with E-state index < -0.39 is 6.10 Å². The first-order chi connectivity index (χ1) is 31.0. The van der Waals surface area contributed by atoms with E-state index in [-0.39, 0.29) is 37.5 Å². The Bertz CT molecular complexity index is 1330. The summed E-state index contributed by atoms with van der Waals surface area (Å²) in [5.74, 6) is -0.991. The maximum absolute atomic E-state index is 12.8. The number of esters is 3. The van der Waals surface area contributed by atoms with Crippen LogP contribution in [0.15, 0.2) is 109 Å². The molecule has 63 heavy (non-hydrogen) atoms. The van der Waals surface area contributed by atoms with Gasteiger partial charge in [-0.2, -0.15) is 0 Å². The maximum atomic E-state index is 12.8. The van der Waals surface area contributed by atoms with Gasteiger partial charge in [0, 0.05) is 19.3 Å². The van der Waals surface area contributed by atoms with Crippen LogP contribution in [0.4, 0.5) is 0 Å². The zero-order valence-corrected chi connectivity index (χ0v) is 40.5. The van der Waals surface area contributed by atoms with Gasteiger partial charge in [0.2, 0.25) is 0 Å². The molecule has 0 rings (SSSR count). The fourth-order valence-electron chi connectivity index (χ4n) is 6.48. The molecule has 0 saturated heterocycles. The molecule has 0 aromatic heterocycles. The van der Waals surface area contributed by atoms with E-state index in [4.69, 9.17) is 14.2 Å². The van der Waals surface area contributed by atoms with E-state index in [1.807, 2.05) is 0 Å². The van der Waals surface area contributed by atoms with Gasteiger partial charge in [-0.25, -0.2) is 0 Å². The Morgan fingerprint density at radius 3 is 1.02 bits per heavy atom. The standard InChI is InChI=1S/C57H92O6/c1-4-7-10-13-16-19-22-25-27-28-30-32-35-38-41-44-47-50-56(59)62-53-54(52-61-55(58)49-46-43-40-37-34-31-24-21-18-15-12-9-6-3)63-57(60)51-48-45-42-39-36-33-29-26-23-20-17-14-11-8-5-2/h7-8,10-11,16-17,19-21,24-27,29-30,32,36,39,54H,4-6,9,12-15,18,22-23,28,31,33-35,37-38,40-53H2,1-3H3/b10-7-,11-8-,19-16-,20-17-,24-21-,27-25-,29-26-,32-30-,39-36-. The van der Waals surface area contributed by atoms with Crippen molar-refractivity contribution in [1.82, 2.24) is 0 Å². The van der Waals surface area contributed by atoms with Crippen molar-refractivity contribution in [3.05, 3.63) is 109 Å². The molecule has 0 bridgehead atoms. The molecule has 6 nitrogen and oxygen atoms in total. The summed E-state index contributed by atoms with van der Waals surface area (Å²) in [4.78, 5) is 38.0. The van der Waals surface area contributed by atoms with Crippen molar-refractivity contribution in [3.8, 4) is 0 Å². The normalized spacial score (nSPS) is 13.0. The molecule has 0 N–H and O–H groups in total. The summed E-state index contributed by atoms with van der Waals surface area (Å²) in [5, 5.41) is 0. The SMILES string of the molecule is CC/C=C\C/C=C\C/C=C\C/C=C\CCCCCCC(=O)OCC(COC(=O)CCCCCCC/C=C\CCCCCC)OC(=O)CCCC/C=C\C/C=C\C/C=C\C/C=C\CC. The van der Waals surface area contributed by atoms with E-state index in [2.05, 4.69) is 130 Å². The van der Waals surface area contributed by atoms with E-state index in [9.17, 15) is 14.4 Å². The van der Waals surface area contributed by atoms with Crippen LogP contribution in [0.2, 0.25) is 0 Å². The van der Waals surface area contributed by atoms with Gasteiger partial charge in [-0.15, -0.1) is 0 Å². The summed E-state index contributed by atoms with van der Waals surface area (Å²) in [6.45, 7) is 6.31. The monoisotopic (exact) mass is 873 g/mol. The lowest BCUT2D eigenvalue weighted by Crippen LogP contribution is -2.30. The smallest absolute Gasteiger partial charge is 0.306 e. The number of hydrogen-bond donors (Lipinski definition) is 0. The van der Waals surface area contributed by atoms with Crippen LogP contribution >= 0.6 is 0 Å². The second-order valence-corrected chi connectivity index (χ2v) is 16.3. The van der Waals surface area contributed by atoms with Crippen LogP contribution in [0.3, 0.4) is 0 Å². The molecule has 0 saturated carbocycles. The molecule has 0 aromatic carbocycles. The van der Waals surface area contributed by atoms with Crippen LogP contribution in [0.25, 0.3) is 0 Å². The minimum atomic E-state index is -0.814. The Morgan fingerprint density at radius 2 is 0.619 bits per heavy atom. The molecule has 0 spiro atoms. The molecule has 0 aliphatic rings. The molecule has 0 heterocycles. The number of carbonyl (C=O) groups is 3. The Morgan fingerprint density at radius 1 is 0.333 bits per heavy atom. The van der Waals surface area contributed by atoms with Crippen molar-refractivity contribution in [3.63, 3.8) is 0 Å². The summed E-state index contributed by atoms with van der Waals surface area (Å²) >= 11 is 0. The van der Waals surface area contributed by atoms with Gasteiger partial charge in [0.15, 0.2) is 6.10 Å². The van der Waals surface area contributed by atoms with Crippen LogP contribution in [0.1, 0.15) is 213 Å². The molecule has 1 unspecified atom stereocenters. The van der Waals surface area contributed by atoms with Gasteiger partial charge in [0.25, 0.3) is 0 Å². The minimum absolute atomic E-state index is 0.109. The van der Waals surface area contributed by atoms with Crippen LogP contribution in [0.5, 0.6) is 0 Å². The number of hydrogen-bond acceptors (Lipinski definition) is 6. The average Bonchev–Trinajstić information content (AvgIpc) is 3.28. The third-order valence-electron chi connectivity index (χ3n) is 10.2. The molecule has 0 amide bonds. The van der Waals surface area contributed by atoms with Gasteiger partial charge < -0.3 is 14.2 Å². The van der Waals surface area contributed by atoms with Gasteiger partial charge in [-0.3, -0.25) is 14.4 Å². The van der Waals surface area contributed by atoms with Crippen molar-refractivity contribution in [2.24, 2.45) is 0 Å². The first-order valence-corrected chi connectivity index (χ1v) is 25.4. The van der Waals surface area contributed by atoms with Crippen LogP contribution in [0, 0.1) is 0 Å². The largest absolute Gasteiger partial charge is 0.462 e.